The first-order valence-corrected chi connectivity index (χ1v) is 7.68. The molecule has 2 amide bonds. The van der Waals surface area contributed by atoms with Crippen LogP contribution in [0, 0.1) is 17.3 Å². The predicted octanol–water partition coefficient (Wildman–Crippen LogP) is 1.55. The molecule has 4 nitrogen and oxygen atoms in total. The van der Waals surface area contributed by atoms with Crippen molar-refractivity contribution in [3.05, 3.63) is 0 Å². The summed E-state index contributed by atoms with van der Waals surface area (Å²) in [5.74, 6) is 1.23. The molecule has 0 aromatic heterocycles. The van der Waals surface area contributed by atoms with Gasteiger partial charge in [-0.1, -0.05) is 19.8 Å². The molecule has 2 heterocycles. The molecule has 2 saturated heterocycles. The second-order valence-corrected chi connectivity index (χ2v) is 6.70. The number of imide groups is 1. The molecule has 0 radical (unpaired) electrons. The Hall–Kier alpha value is -0.900. The standard InChI is InChI=1S/C15H24N2O2/c1-11-4-7-16-9-12(11)10-17-13(18)8-15(14(17)19)5-2-3-6-15/h11-12,16H,2-10H2,1H3. The number of hydrogen-bond donors (Lipinski definition) is 1. The average Bonchev–Trinajstić information content (AvgIpc) is 2.94. The molecule has 106 valence electrons. The van der Waals surface area contributed by atoms with Gasteiger partial charge in [0.2, 0.25) is 11.8 Å². The Balaban J connectivity index is 1.70. The van der Waals surface area contributed by atoms with E-state index in [9.17, 15) is 9.59 Å². The molecule has 3 rings (SSSR count). The fourth-order valence-corrected chi connectivity index (χ4v) is 4.02. The minimum atomic E-state index is -0.303. The lowest BCUT2D eigenvalue weighted by Crippen LogP contribution is -2.45. The highest BCUT2D eigenvalue weighted by molar-refractivity contribution is 6.06. The maximum Gasteiger partial charge on any atom is 0.235 e. The van der Waals surface area contributed by atoms with E-state index in [1.54, 1.807) is 4.90 Å². The van der Waals surface area contributed by atoms with Crippen LogP contribution in [-0.2, 0) is 9.59 Å². The Morgan fingerprint density at radius 3 is 2.74 bits per heavy atom. The van der Waals surface area contributed by atoms with E-state index < -0.39 is 0 Å². The third-order valence-corrected chi connectivity index (χ3v) is 5.45. The molecule has 2 aliphatic heterocycles. The monoisotopic (exact) mass is 264 g/mol. The minimum absolute atomic E-state index is 0.0738. The molecule has 19 heavy (non-hydrogen) atoms. The normalized spacial score (nSPS) is 34.5. The van der Waals surface area contributed by atoms with Gasteiger partial charge in [0.1, 0.15) is 0 Å². The number of carbonyl (C=O) groups is 2. The Morgan fingerprint density at radius 2 is 2.05 bits per heavy atom. The van der Waals surface area contributed by atoms with Gasteiger partial charge in [-0.15, -0.1) is 0 Å². The fourth-order valence-electron chi connectivity index (χ4n) is 4.02. The molecular weight excluding hydrogens is 240 g/mol. The number of likely N-dealkylation sites (tertiary alicyclic amines) is 1. The van der Waals surface area contributed by atoms with Crippen molar-refractivity contribution in [3.8, 4) is 0 Å². The van der Waals surface area contributed by atoms with E-state index in [2.05, 4.69) is 12.2 Å². The van der Waals surface area contributed by atoms with Crippen LogP contribution in [0.25, 0.3) is 0 Å². The number of carbonyl (C=O) groups excluding carboxylic acids is 2. The molecule has 1 spiro atoms. The number of rotatable bonds is 2. The van der Waals surface area contributed by atoms with Gasteiger partial charge in [-0.05, 0) is 44.2 Å². The van der Waals surface area contributed by atoms with Gasteiger partial charge in [-0.2, -0.15) is 0 Å². The van der Waals surface area contributed by atoms with E-state index in [1.807, 2.05) is 0 Å². The first-order chi connectivity index (χ1) is 9.12. The van der Waals surface area contributed by atoms with Crippen LogP contribution in [0.1, 0.15) is 45.4 Å². The van der Waals surface area contributed by atoms with Crippen LogP contribution in [-0.4, -0.2) is 36.3 Å². The van der Waals surface area contributed by atoms with E-state index >= 15 is 0 Å². The zero-order valence-electron chi connectivity index (χ0n) is 11.8. The van der Waals surface area contributed by atoms with Crippen LogP contribution in [0.15, 0.2) is 0 Å². The minimum Gasteiger partial charge on any atom is -0.316 e. The molecule has 2 atom stereocenters. The van der Waals surface area contributed by atoms with Crippen LogP contribution in [0.3, 0.4) is 0 Å². The van der Waals surface area contributed by atoms with Gasteiger partial charge < -0.3 is 5.32 Å². The van der Waals surface area contributed by atoms with Crippen molar-refractivity contribution in [2.24, 2.45) is 17.3 Å². The third-order valence-electron chi connectivity index (χ3n) is 5.45. The summed E-state index contributed by atoms with van der Waals surface area (Å²) in [5.41, 5.74) is -0.303. The van der Waals surface area contributed by atoms with Crippen molar-refractivity contribution in [2.75, 3.05) is 19.6 Å². The van der Waals surface area contributed by atoms with Crippen molar-refractivity contribution in [1.82, 2.24) is 10.2 Å². The maximum absolute atomic E-state index is 12.6. The number of nitrogens with zero attached hydrogens (tertiary/aromatic N) is 1. The summed E-state index contributed by atoms with van der Waals surface area (Å²) in [6.07, 6.45) is 5.67. The quantitative estimate of drug-likeness (QED) is 0.770. The molecule has 2 unspecified atom stereocenters. The van der Waals surface area contributed by atoms with Crippen molar-refractivity contribution in [1.29, 1.82) is 0 Å². The van der Waals surface area contributed by atoms with Crippen molar-refractivity contribution in [2.45, 2.75) is 45.4 Å². The van der Waals surface area contributed by atoms with Crippen LogP contribution in [0.2, 0.25) is 0 Å². The topological polar surface area (TPSA) is 49.4 Å². The van der Waals surface area contributed by atoms with E-state index in [-0.39, 0.29) is 17.2 Å². The van der Waals surface area contributed by atoms with Crippen LogP contribution in [0.5, 0.6) is 0 Å². The first kappa shape index (κ1) is 13.1. The van der Waals surface area contributed by atoms with Crippen molar-refractivity contribution < 1.29 is 9.59 Å². The van der Waals surface area contributed by atoms with E-state index in [0.717, 1.165) is 45.2 Å². The number of hydrogen-bond acceptors (Lipinski definition) is 3. The Kier molecular flexibility index (Phi) is 3.37. The summed E-state index contributed by atoms with van der Waals surface area (Å²) in [7, 11) is 0. The van der Waals surface area contributed by atoms with Gasteiger partial charge >= 0.3 is 0 Å². The number of amides is 2. The molecule has 0 aromatic rings. The average molecular weight is 264 g/mol. The van der Waals surface area contributed by atoms with E-state index in [0.29, 0.717) is 24.8 Å². The summed E-state index contributed by atoms with van der Waals surface area (Å²) >= 11 is 0. The van der Waals surface area contributed by atoms with Gasteiger partial charge in [-0.25, -0.2) is 0 Å². The first-order valence-electron chi connectivity index (χ1n) is 7.68. The van der Waals surface area contributed by atoms with Crippen molar-refractivity contribution >= 4 is 11.8 Å². The summed E-state index contributed by atoms with van der Waals surface area (Å²) in [5, 5.41) is 3.38. The Bertz CT molecular complexity index is 388. The largest absolute Gasteiger partial charge is 0.316 e. The molecular formula is C15H24N2O2. The molecule has 3 aliphatic rings. The van der Waals surface area contributed by atoms with Crippen LogP contribution in [0.4, 0.5) is 0 Å². The summed E-state index contributed by atoms with van der Waals surface area (Å²) in [6.45, 7) is 4.87. The van der Waals surface area contributed by atoms with E-state index in [4.69, 9.17) is 0 Å². The summed E-state index contributed by atoms with van der Waals surface area (Å²) in [4.78, 5) is 26.4. The Morgan fingerprint density at radius 1 is 1.32 bits per heavy atom. The third kappa shape index (κ3) is 2.20. The lowest BCUT2D eigenvalue weighted by molar-refractivity contribution is -0.142. The highest BCUT2D eigenvalue weighted by atomic mass is 16.2. The second-order valence-electron chi connectivity index (χ2n) is 6.70. The predicted molar refractivity (Wildman–Crippen MR) is 72.4 cm³/mol. The molecule has 1 saturated carbocycles. The zero-order chi connectivity index (χ0) is 13.5. The van der Waals surface area contributed by atoms with Gasteiger partial charge in [0, 0.05) is 13.0 Å². The Labute approximate surface area is 114 Å². The van der Waals surface area contributed by atoms with Gasteiger partial charge in [-0.3, -0.25) is 14.5 Å². The number of piperidine rings is 1. The fraction of sp³-hybridized carbons (Fsp3) is 0.867. The molecule has 1 aliphatic carbocycles. The van der Waals surface area contributed by atoms with Gasteiger partial charge in [0.05, 0.1) is 5.41 Å². The highest BCUT2D eigenvalue weighted by Crippen LogP contribution is 2.47. The smallest absolute Gasteiger partial charge is 0.235 e. The van der Waals surface area contributed by atoms with Crippen LogP contribution >= 0.6 is 0 Å². The lowest BCUT2D eigenvalue weighted by Gasteiger charge is -2.32. The molecule has 0 aromatic carbocycles. The highest BCUT2D eigenvalue weighted by Gasteiger charge is 2.52. The second kappa shape index (κ2) is 4.89. The molecule has 1 N–H and O–H groups in total. The van der Waals surface area contributed by atoms with Gasteiger partial charge in [0.25, 0.3) is 0 Å². The maximum atomic E-state index is 12.6. The zero-order valence-corrected chi connectivity index (χ0v) is 11.8. The molecule has 3 fully saturated rings. The van der Waals surface area contributed by atoms with E-state index in [1.165, 1.54) is 0 Å². The summed E-state index contributed by atoms with van der Waals surface area (Å²) in [6, 6.07) is 0. The summed E-state index contributed by atoms with van der Waals surface area (Å²) < 4.78 is 0. The SMILES string of the molecule is CC1CCNCC1CN1C(=O)CC2(CCCC2)C1=O. The molecule has 0 bridgehead atoms. The molecule has 4 heteroatoms. The van der Waals surface area contributed by atoms with Crippen molar-refractivity contribution in [3.63, 3.8) is 0 Å². The van der Waals surface area contributed by atoms with Crippen LogP contribution < -0.4 is 5.32 Å². The number of nitrogens with one attached hydrogen (secondary N) is 1. The lowest BCUT2D eigenvalue weighted by atomic mass is 9.84. The van der Waals surface area contributed by atoms with Gasteiger partial charge in [0.15, 0.2) is 0 Å².